The molecule has 1 N–H and O–H groups in total. The number of amides is 4. The number of carbonyl (C=O) groups excluding carboxylic acids is 3. The Labute approximate surface area is 122 Å². The number of imide groups is 1. The van der Waals surface area contributed by atoms with Crippen LogP contribution in [0.25, 0.3) is 0 Å². The largest absolute Gasteiger partial charge is 0.329 e. The van der Waals surface area contributed by atoms with E-state index in [1.54, 1.807) is 11.8 Å². The molecular formula is C15H17N3O3. The van der Waals surface area contributed by atoms with Crippen LogP contribution < -0.4 is 10.2 Å². The van der Waals surface area contributed by atoms with E-state index < -0.39 is 12.1 Å². The van der Waals surface area contributed by atoms with Gasteiger partial charge >= 0.3 is 6.03 Å². The molecule has 6 nitrogen and oxygen atoms in total. The van der Waals surface area contributed by atoms with Crippen LogP contribution in [0.1, 0.15) is 19.4 Å². The molecule has 3 rings (SSSR count). The lowest BCUT2D eigenvalue weighted by Crippen LogP contribution is -2.51. The summed E-state index contributed by atoms with van der Waals surface area (Å²) in [5.41, 5.74) is 1.98. The molecule has 2 aliphatic heterocycles. The second kappa shape index (κ2) is 4.87. The molecule has 0 aromatic heterocycles. The van der Waals surface area contributed by atoms with E-state index in [1.165, 1.54) is 0 Å². The number of carbonyl (C=O) groups is 3. The average molecular weight is 287 g/mol. The summed E-state index contributed by atoms with van der Waals surface area (Å²) < 4.78 is 0. The molecule has 2 heterocycles. The van der Waals surface area contributed by atoms with Gasteiger partial charge in [0.05, 0.1) is 6.54 Å². The number of para-hydroxylation sites is 1. The highest BCUT2D eigenvalue weighted by atomic mass is 16.2. The van der Waals surface area contributed by atoms with Gasteiger partial charge in [-0.05, 0) is 31.9 Å². The van der Waals surface area contributed by atoms with Crippen LogP contribution in [-0.2, 0) is 16.0 Å². The topological polar surface area (TPSA) is 69.7 Å². The maximum atomic E-state index is 12.7. The Balaban J connectivity index is 1.88. The van der Waals surface area contributed by atoms with Crippen LogP contribution in [-0.4, -0.2) is 41.4 Å². The summed E-state index contributed by atoms with van der Waals surface area (Å²) in [4.78, 5) is 38.9. The molecule has 6 heteroatoms. The molecule has 0 bridgehead atoms. The minimum atomic E-state index is -0.798. The highest BCUT2D eigenvalue weighted by Crippen LogP contribution is 2.32. The quantitative estimate of drug-likeness (QED) is 0.822. The summed E-state index contributed by atoms with van der Waals surface area (Å²) >= 11 is 0. The summed E-state index contributed by atoms with van der Waals surface area (Å²) in [6, 6.07) is 6.45. The molecule has 4 amide bonds. The van der Waals surface area contributed by atoms with Crippen molar-refractivity contribution in [3.63, 3.8) is 0 Å². The number of hydrogen-bond acceptors (Lipinski definition) is 3. The van der Waals surface area contributed by atoms with Crippen LogP contribution in [0.4, 0.5) is 10.5 Å². The van der Waals surface area contributed by atoms with Crippen molar-refractivity contribution >= 4 is 23.5 Å². The summed E-state index contributed by atoms with van der Waals surface area (Å²) in [5.74, 6) is -0.584. The monoisotopic (exact) mass is 287 g/mol. The van der Waals surface area contributed by atoms with Crippen molar-refractivity contribution in [2.24, 2.45) is 0 Å². The lowest BCUT2D eigenvalue weighted by Gasteiger charge is -2.29. The van der Waals surface area contributed by atoms with Gasteiger partial charge in [0.15, 0.2) is 0 Å². The smallest absolute Gasteiger partial charge is 0.325 e. The Morgan fingerprint density at radius 2 is 2.05 bits per heavy atom. The predicted octanol–water partition coefficient (Wildman–Crippen LogP) is 0.905. The fourth-order valence-electron chi connectivity index (χ4n) is 3.04. The van der Waals surface area contributed by atoms with Crippen LogP contribution in [0.5, 0.6) is 0 Å². The Morgan fingerprint density at radius 3 is 2.71 bits per heavy atom. The van der Waals surface area contributed by atoms with Crippen LogP contribution in [0.3, 0.4) is 0 Å². The van der Waals surface area contributed by atoms with E-state index in [0.717, 1.165) is 22.6 Å². The third-order valence-electron chi connectivity index (χ3n) is 4.07. The van der Waals surface area contributed by atoms with E-state index in [0.29, 0.717) is 0 Å². The first kappa shape index (κ1) is 13.6. The van der Waals surface area contributed by atoms with Gasteiger partial charge < -0.3 is 10.2 Å². The number of benzene rings is 1. The third-order valence-corrected chi connectivity index (χ3v) is 4.07. The number of anilines is 1. The molecule has 1 aromatic carbocycles. The van der Waals surface area contributed by atoms with Crippen molar-refractivity contribution in [1.29, 1.82) is 0 Å². The highest BCUT2D eigenvalue weighted by Gasteiger charge is 2.41. The van der Waals surface area contributed by atoms with Crippen molar-refractivity contribution in [2.45, 2.75) is 32.4 Å². The molecule has 0 spiro atoms. The second-order valence-electron chi connectivity index (χ2n) is 5.49. The van der Waals surface area contributed by atoms with Gasteiger partial charge in [-0.2, -0.15) is 0 Å². The van der Waals surface area contributed by atoms with Crippen LogP contribution >= 0.6 is 0 Å². The molecule has 1 fully saturated rings. The standard InChI is InChI=1S/C15H17N3O3/c1-9-7-11-5-3-4-6-12(11)17(9)14(20)10(2)18-13(19)8-16-15(18)21/h3-6,9-10H,7-8H2,1-2H3,(H,16,21)/t9-,10+/m1/s1. The molecule has 2 aliphatic rings. The average Bonchev–Trinajstić information content (AvgIpc) is 2.96. The lowest BCUT2D eigenvalue weighted by atomic mass is 10.1. The maximum absolute atomic E-state index is 12.7. The van der Waals surface area contributed by atoms with Gasteiger partial charge in [0.25, 0.3) is 5.91 Å². The number of urea groups is 1. The molecule has 0 unspecified atom stereocenters. The van der Waals surface area contributed by atoms with Gasteiger partial charge in [0.2, 0.25) is 5.91 Å². The van der Waals surface area contributed by atoms with Crippen LogP contribution in [0.2, 0.25) is 0 Å². The van der Waals surface area contributed by atoms with Crippen LogP contribution in [0, 0.1) is 0 Å². The molecule has 0 saturated carbocycles. The van der Waals surface area contributed by atoms with Gasteiger partial charge in [-0.15, -0.1) is 0 Å². The molecule has 0 radical (unpaired) electrons. The molecule has 1 aromatic rings. The normalized spacial score (nSPS) is 22.3. The predicted molar refractivity (Wildman–Crippen MR) is 76.8 cm³/mol. The minimum Gasteiger partial charge on any atom is -0.329 e. The molecule has 0 aliphatic carbocycles. The lowest BCUT2D eigenvalue weighted by molar-refractivity contribution is -0.132. The Kier molecular flexibility index (Phi) is 3.16. The van der Waals surface area contributed by atoms with Crippen molar-refractivity contribution < 1.29 is 14.4 Å². The van der Waals surface area contributed by atoms with E-state index in [-0.39, 0.29) is 24.4 Å². The summed E-state index contributed by atoms with van der Waals surface area (Å²) in [6.45, 7) is 3.53. The summed E-state index contributed by atoms with van der Waals surface area (Å²) in [5, 5.41) is 2.44. The molecule has 1 saturated heterocycles. The number of rotatable bonds is 2. The zero-order valence-electron chi connectivity index (χ0n) is 12.0. The fraction of sp³-hybridized carbons (Fsp3) is 0.400. The van der Waals surface area contributed by atoms with Crippen molar-refractivity contribution in [3.05, 3.63) is 29.8 Å². The molecule has 2 atom stereocenters. The van der Waals surface area contributed by atoms with Crippen molar-refractivity contribution in [3.8, 4) is 0 Å². The van der Waals surface area contributed by atoms with Gasteiger partial charge in [0, 0.05) is 11.7 Å². The zero-order valence-corrected chi connectivity index (χ0v) is 12.0. The Bertz CT molecular complexity index is 612. The van der Waals surface area contributed by atoms with Crippen molar-refractivity contribution in [2.75, 3.05) is 11.4 Å². The summed E-state index contributed by atoms with van der Waals surface area (Å²) in [6.07, 6.45) is 0.786. The van der Waals surface area contributed by atoms with E-state index in [4.69, 9.17) is 0 Å². The minimum absolute atomic E-state index is 0.0260. The first-order valence-corrected chi connectivity index (χ1v) is 7.01. The number of nitrogens with zero attached hydrogens (tertiary/aromatic N) is 2. The maximum Gasteiger partial charge on any atom is 0.325 e. The van der Waals surface area contributed by atoms with E-state index in [9.17, 15) is 14.4 Å². The van der Waals surface area contributed by atoms with E-state index in [1.807, 2.05) is 31.2 Å². The fourth-order valence-corrected chi connectivity index (χ4v) is 3.04. The van der Waals surface area contributed by atoms with Crippen molar-refractivity contribution in [1.82, 2.24) is 10.2 Å². The first-order valence-electron chi connectivity index (χ1n) is 7.01. The van der Waals surface area contributed by atoms with Gasteiger partial charge in [-0.25, -0.2) is 4.79 Å². The van der Waals surface area contributed by atoms with Gasteiger partial charge in [0.1, 0.15) is 6.04 Å². The third kappa shape index (κ3) is 2.07. The highest BCUT2D eigenvalue weighted by molar-refractivity contribution is 6.08. The van der Waals surface area contributed by atoms with Gasteiger partial charge in [-0.3, -0.25) is 14.5 Å². The molecule has 110 valence electrons. The SMILES string of the molecule is C[C@@H]1Cc2ccccc2N1C(=O)[C@H](C)N1C(=O)CNC1=O. The number of fused-ring (bicyclic) bond motifs is 1. The van der Waals surface area contributed by atoms with E-state index >= 15 is 0 Å². The van der Waals surface area contributed by atoms with E-state index in [2.05, 4.69) is 5.32 Å². The second-order valence-corrected chi connectivity index (χ2v) is 5.49. The molecular weight excluding hydrogens is 270 g/mol. The van der Waals surface area contributed by atoms with Crippen LogP contribution in [0.15, 0.2) is 24.3 Å². The van der Waals surface area contributed by atoms with Gasteiger partial charge in [-0.1, -0.05) is 18.2 Å². The summed E-state index contributed by atoms with van der Waals surface area (Å²) in [7, 11) is 0. The molecule has 21 heavy (non-hydrogen) atoms. The first-order chi connectivity index (χ1) is 10.0. The number of nitrogens with one attached hydrogen (secondary N) is 1. The zero-order chi connectivity index (χ0) is 15.1. The Hall–Kier alpha value is -2.37. The number of hydrogen-bond donors (Lipinski definition) is 1. The Morgan fingerprint density at radius 1 is 1.33 bits per heavy atom.